The zero-order valence-electron chi connectivity index (χ0n) is 11.2. The minimum atomic E-state index is -0.0899. The Morgan fingerprint density at radius 1 is 1.16 bits per heavy atom. The molecule has 1 N–H and O–H groups in total. The summed E-state index contributed by atoms with van der Waals surface area (Å²) in [6.07, 6.45) is 6.52. The number of benzene rings is 1. The van der Waals surface area contributed by atoms with Crippen LogP contribution in [0.25, 0.3) is 0 Å². The number of hydrogen-bond acceptors (Lipinski definition) is 2. The van der Waals surface area contributed by atoms with E-state index in [2.05, 4.69) is 16.3 Å². The van der Waals surface area contributed by atoms with Crippen LogP contribution in [0.2, 0.25) is 0 Å². The van der Waals surface area contributed by atoms with Crippen molar-refractivity contribution >= 4 is 5.69 Å². The molecule has 19 heavy (non-hydrogen) atoms. The standard InChI is InChI=1S/C16H21FN2/c17-13-5-12(9-18-14-2-3-14)7-16(8-13)19-10-11-1-4-15(19)6-11/h5,7-8,11,14-15,18H,1-4,6,9-10H2. The average Bonchev–Trinajstić information content (AvgIpc) is 2.99. The summed E-state index contributed by atoms with van der Waals surface area (Å²) in [5.74, 6) is 0.758. The van der Waals surface area contributed by atoms with Gasteiger partial charge in [-0.25, -0.2) is 4.39 Å². The summed E-state index contributed by atoms with van der Waals surface area (Å²) in [4.78, 5) is 2.43. The van der Waals surface area contributed by atoms with E-state index in [-0.39, 0.29) is 5.82 Å². The monoisotopic (exact) mass is 260 g/mol. The van der Waals surface area contributed by atoms with Gasteiger partial charge in [0.05, 0.1) is 0 Å². The van der Waals surface area contributed by atoms with Crippen molar-refractivity contribution in [1.82, 2.24) is 5.32 Å². The van der Waals surface area contributed by atoms with Crippen LogP contribution in [0.5, 0.6) is 0 Å². The number of piperidine rings is 1. The third kappa shape index (κ3) is 2.36. The first kappa shape index (κ1) is 11.7. The van der Waals surface area contributed by atoms with Crippen LogP contribution in [0.3, 0.4) is 0 Å². The van der Waals surface area contributed by atoms with Crippen LogP contribution in [0.15, 0.2) is 18.2 Å². The van der Waals surface area contributed by atoms with Gasteiger partial charge in [-0.2, -0.15) is 0 Å². The number of nitrogens with zero attached hydrogens (tertiary/aromatic N) is 1. The van der Waals surface area contributed by atoms with Crippen LogP contribution in [0.1, 0.15) is 37.7 Å². The van der Waals surface area contributed by atoms with Gasteiger partial charge in [0, 0.05) is 30.9 Å². The van der Waals surface area contributed by atoms with Gasteiger partial charge in [-0.3, -0.25) is 0 Å². The van der Waals surface area contributed by atoms with Gasteiger partial charge in [0.1, 0.15) is 5.82 Å². The van der Waals surface area contributed by atoms with E-state index in [0.717, 1.165) is 30.3 Å². The molecule has 102 valence electrons. The molecule has 2 nitrogen and oxygen atoms in total. The van der Waals surface area contributed by atoms with Gasteiger partial charge >= 0.3 is 0 Å². The van der Waals surface area contributed by atoms with Crippen LogP contribution in [0.4, 0.5) is 10.1 Å². The fourth-order valence-electron chi connectivity index (χ4n) is 3.69. The molecule has 2 aliphatic carbocycles. The zero-order chi connectivity index (χ0) is 12.8. The van der Waals surface area contributed by atoms with Crippen LogP contribution >= 0.6 is 0 Å². The largest absolute Gasteiger partial charge is 0.368 e. The Bertz CT molecular complexity index is 484. The Labute approximate surface area is 114 Å². The quantitative estimate of drug-likeness (QED) is 0.895. The SMILES string of the molecule is Fc1cc(CNC2CC2)cc(N2CC3CCC2C3)c1. The van der Waals surface area contributed by atoms with Crippen molar-refractivity contribution in [1.29, 1.82) is 0 Å². The van der Waals surface area contributed by atoms with E-state index in [1.54, 1.807) is 12.1 Å². The Morgan fingerprint density at radius 2 is 2.05 bits per heavy atom. The first-order valence-electron chi connectivity index (χ1n) is 7.57. The van der Waals surface area contributed by atoms with Gasteiger partial charge in [0.25, 0.3) is 0 Å². The van der Waals surface area contributed by atoms with Gasteiger partial charge in [-0.15, -0.1) is 0 Å². The highest BCUT2D eigenvalue weighted by Gasteiger charge is 2.37. The summed E-state index contributed by atoms with van der Waals surface area (Å²) >= 11 is 0. The van der Waals surface area contributed by atoms with Crippen molar-refractivity contribution in [3.05, 3.63) is 29.6 Å². The molecule has 1 saturated heterocycles. The number of halogens is 1. The molecule has 0 aromatic heterocycles. The summed E-state index contributed by atoms with van der Waals surface area (Å²) in [6, 6.07) is 6.90. The van der Waals surface area contributed by atoms with E-state index in [1.807, 2.05) is 0 Å². The number of hydrogen-bond donors (Lipinski definition) is 1. The fourth-order valence-corrected chi connectivity index (χ4v) is 3.69. The predicted molar refractivity (Wildman–Crippen MR) is 74.7 cm³/mol. The van der Waals surface area contributed by atoms with Crippen molar-refractivity contribution in [2.75, 3.05) is 11.4 Å². The molecule has 0 radical (unpaired) electrons. The van der Waals surface area contributed by atoms with Crippen molar-refractivity contribution < 1.29 is 4.39 Å². The molecule has 3 fully saturated rings. The third-order valence-corrected chi connectivity index (χ3v) is 4.86. The summed E-state index contributed by atoms with van der Waals surface area (Å²) in [5, 5.41) is 3.47. The highest BCUT2D eigenvalue weighted by atomic mass is 19.1. The average molecular weight is 260 g/mol. The Hall–Kier alpha value is -1.09. The molecule has 3 heteroatoms. The van der Waals surface area contributed by atoms with Crippen molar-refractivity contribution in [3.63, 3.8) is 0 Å². The third-order valence-electron chi connectivity index (χ3n) is 4.86. The van der Waals surface area contributed by atoms with E-state index in [4.69, 9.17) is 0 Å². The molecular formula is C16H21FN2. The van der Waals surface area contributed by atoms with Crippen LogP contribution in [-0.2, 0) is 6.54 Å². The van der Waals surface area contributed by atoms with E-state index in [0.29, 0.717) is 12.1 Å². The van der Waals surface area contributed by atoms with Gasteiger partial charge < -0.3 is 10.2 Å². The lowest BCUT2D eigenvalue weighted by Gasteiger charge is -2.29. The molecular weight excluding hydrogens is 239 g/mol. The molecule has 2 bridgehead atoms. The maximum Gasteiger partial charge on any atom is 0.125 e. The van der Waals surface area contributed by atoms with Crippen LogP contribution in [0, 0.1) is 11.7 Å². The van der Waals surface area contributed by atoms with Crippen LogP contribution in [-0.4, -0.2) is 18.6 Å². The molecule has 2 saturated carbocycles. The molecule has 0 spiro atoms. The lowest BCUT2D eigenvalue weighted by Crippen LogP contribution is -2.32. The second-order valence-electron chi connectivity index (χ2n) is 6.46. The molecule has 1 aromatic carbocycles. The molecule has 4 rings (SSSR count). The van der Waals surface area contributed by atoms with Gasteiger partial charge in [-0.05, 0) is 61.8 Å². The molecule has 3 aliphatic rings. The van der Waals surface area contributed by atoms with E-state index in [1.165, 1.54) is 32.1 Å². The molecule has 2 atom stereocenters. The first-order chi connectivity index (χ1) is 9.28. The van der Waals surface area contributed by atoms with Crippen molar-refractivity contribution in [3.8, 4) is 0 Å². The minimum Gasteiger partial charge on any atom is -0.368 e. The number of nitrogens with one attached hydrogen (secondary N) is 1. The first-order valence-corrected chi connectivity index (χ1v) is 7.57. The lowest BCUT2D eigenvalue weighted by molar-refractivity contribution is 0.551. The maximum atomic E-state index is 13.8. The van der Waals surface area contributed by atoms with Gasteiger partial charge in [-0.1, -0.05) is 0 Å². The minimum absolute atomic E-state index is 0.0899. The lowest BCUT2D eigenvalue weighted by atomic mass is 10.1. The normalized spacial score (nSPS) is 29.2. The van der Waals surface area contributed by atoms with E-state index in [9.17, 15) is 4.39 Å². The zero-order valence-corrected chi connectivity index (χ0v) is 11.2. The predicted octanol–water partition coefficient (Wildman–Crippen LogP) is 3.07. The Balaban J connectivity index is 1.53. The molecule has 2 unspecified atom stereocenters. The maximum absolute atomic E-state index is 13.8. The molecule has 1 aromatic rings. The molecule has 1 aliphatic heterocycles. The van der Waals surface area contributed by atoms with E-state index >= 15 is 0 Å². The Kier molecular flexibility index (Phi) is 2.76. The van der Waals surface area contributed by atoms with Crippen molar-refractivity contribution in [2.24, 2.45) is 5.92 Å². The van der Waals surface area contributed by atoms with Crippen molar-refractivity contribution in [2.45, 2.75) is 50.7 Å². The van der Waals surface area contributed by atoms with Gasteiger partial charge in [0.2, 0.25) is 0 Å². The second-order valence-corrected chi connectivity index (χ2v) is 6.46. The number of fused-ring (bicyclic) bond motifs is 2. The smallest absolute Gasteiger partial charge is 0.125 e. The highest BCUT2D eigenvalue weighted by molar-refractivity contribution is 5.51. The van der Waals surface area contributed by atoms with Gasteiger partial charge in [0.15, 0.2) is 0 Å². The summed E-state index contributed by atoms with van der Waals surface area (Å²) in [7, 11) is 0. The summed E-state index contributed by atoms with van der Waals surface area (Å²) in [6.45, 7) is 1.93. The molecule has 0 amide bonds. The summed E-state index contributed by atoms with van der Waals surface area (Å²) < 4.78 is 13.8. The number of rotatable bonds is 4. The molecule has 1 heterocycles. The topological polar surface area (TPSA) is 15.3 Å². The number of anilines is 1. The summed E-state index contributed by atoms with van der Waals surface area (Å²) in [5.41, 5.74) is 2.18. The highest BCUT2D eigenvalue weighted by Crippen LogP contribution is 2.40. The fraction of sp³-hybridized carbons (Fsp3) is 0.625. The Morgan fingerprint density at radius 3 is 2.74 bits per heavy atom. The second kappa shape index (κ2) is 4.48. The van der Waals surface area contributed by atoms with E-state index < -0.39 is 0 Å². The van der Waals surface area contributed by atoms with Crippen LogP contribution < -0.4 is 10.2 Å².